The van der Waals surface area contributed by atoms with Crippen LogP contribution in [0.25, 0.3) is 0 Å². The highest BCUT2D eigenvalue weighted by Crippen LogP contribution is 2.12. The van der Waals surface area contributed by atoms with E-state index in [0.717, 1.165) is 70.8 Å². The van der Waals surface area contributed by atoms with Gasteiger partial charge in [0.05, 0.1) is 6.61 Å². The van der Waals surface area contributed by atoms with E-state index in [2.05, 4.69) is 17.6 Å². The highest BCUT2D eigenvalue weighted by molar-refractivity contribution is 5.81. The van der Waals surface area contributed by atoms with Gasteiger partial charge in [-0.3, -0.25) is 9.59 Å². The molecule has 0 fully saturated rings. The molecule has 4 atom stereocenters. The molecule has 0 aliphatic heterocycles. The standard InChI is InChI=1S/C31H62N2O7/c1-2-3-4-5-6-7-8-11-14-17-20-23-32-27(36)22-19-16-13-10-9-12-15-18-21-24-33-31(40)30(39)29(38)28(37)26(35)25-34/h26,28-30,34-35,37-39H,2-25H2,1H3,(H,32,36)(H,33,40)/t26-,28-,29-,30+/m1/s1. The Labute approximate surface area is 243 Å². The number of hydrogen-bond acceptors (Lipinski definition) is 7. The van der Waals surface area contributed by atoms with Crippen molar-refractivity contribution in [3.05, 3.63) is 0 Å². The molecule has 0 heterocycles. The predicted octanol–water partition coefficient (Wildman–Crippen LogP) is 3.87. The Morgan fingerprint density at radius 1 is 0.550 bits per heavy atom. The number of carbonyl (C=O) groups is 2. The molecule has 7 N–H and O–H groups in total. The minimum Gasteiger partial charge on any atom is -0.394 e. The molecule has 0 spiro atoms. The van der Waals surface area contributed by atoms with E-state index < -0.39 is 36.9 Å². The van der Waals surface area contributed by atoms with Crippen LogP contribution in [-0.4, -0.2) is 81.5 Å². The second-order valence-corrected chi connectivity index (χ2v) is 11.3. The van der Waals surface area contributed by atoms with Gasteiger partial charge in [-0.1, -0.05) is 116 Å². The summed E-state index contributed by atoms with van der Waals surface area (Å²) >= 11 is 0. The van der Waals surface area contributed by atoms with E-state index in [4.69, 9.17) is 5.11 Å². The first-order valence-electron chi connectivity index (χ1n) is 16.2. The van der Waals surface area contributed by atoms with Gasteiger partial charge in [0, 0.05) is 19.5 Å². The molecule has 0 rings (SSSR count). The molecule has 0 bridgehead atoms. The van der Waals surface area contributed by atoms with Crippen molar-refractivity contribution < 1.29 is 35.1 Å². The molecule has 0 saturated heterocycles. The lowest BCUT2D eigenvalue weighted by molar-refractivity contribution is -0.148. The molecule has 0 aromatic rings. The molecule has 0 unspecified atom stereocenters. The zero-order valence-electron chi connectivity index (χ0n) is 25.3. The zero-order chi connectivity index (χ0) is 29.8. The van der Waals surface area contributed by atoms with Gasteiger partial charge in [0.2, 0.25) is 5.91 Å². The lowest BCUT2D eigenvalue weighted by Crippen LogP contribution is -2.51. The van der Waals surface area contributed by atoms with E-state index in [9.17, 15) is 30.0 Å². The summed E-state index contributed by atoms with van der Waals surface area (Å²) in [4.78, 5) is 23.8. The minimum absolute atomic E-state index is 0.181. The van der Waals surface area contributed by atoms with E-state index in [-0.39, 0.29) is 5.91 Å². The average molecular weight is 575 g/mol. The largest absolute Gasteiger partial charge is 0.394 e. The molecule has 238 valence electrons. The summed E-state index contributed by atoms with van der Waals surface area (Å²) in [6, 6.07) is 0. The number of amides is 2. The van der Waals surface area contributed by atoms with Crippen LogP contribution in [0.5, 0.6) is 0 Å². The molecule has 0 saturated carbocycles. The van der Waals surface area contributed by atoms with Crippen molar-refractivity contribution >= 4 is 11.8 Å². The van der Waals surface area contributed by atoms with Crippen molar-refractivity contribution in [2.45, 2.75) is 166 Å². The number of nitrogens with one attached hydrogen (secondary N) is 2. The molecule has 9 nitrogen and oxygen atoms in total. The normalized spacial score (nSPS) is 14.4. The van der Waals surface area contributed by atoms with Crippen LogP contribution in [0, 0.1) is 0 Å². The van der Waals surface area contributed by atoms with Crippen LogP contribution in [0.3, 0.4) is 0 Å². The predicted molar refractivity (Wildman–Crippen MR) is 160 cm³/mol. The summed E-state index contributed by atoms with van der Waals surface area (Å²) in [5, 5.41) is 52.7. The van der Waals surface area contributed by atoms with E-state index >= 15 is 0 Å². The molecular weight excluding hydrogens is 512 g/mol. The Bertz CT molecular complexity index is 594. The number of rotatable bonds is 29. The first-order valence-corrected chi connectivity index (χ1v) is 16.2. The highest BCUT2D eigenvalue weighted by Gasteiger charge is 2.33. The monoisotopic (exact) mass is 574 g/mol. The Balaban J connectivity index is 3.43. The highest BCUT2D eigenvalue weighted by atomic mass is 16.4. The number of carbonyl (C=O) groups excluding carboxylic acids is 2. The number of hydrogen-bond donors (Lipinski definition) is 7. The fraction of sp³-hybridized carbons (Fsp3) is 0.935. The first-order chi connectivity index (χ1) is 19.3. The second-order valence-electron chi connectivity index (χ2n) is 11.3. The van der Waals surface area contributed by atoms with Gasteiger partial charge in [-0.15, -0.1) is 0 Å². The third-order valence-corrected chi connectivity index (χ3v) is 7.51. The molecule has 0 aliphatic carbocycles. The van der Waals surface area contributed by atoms with Gasteiger partial charge in [-0.05, 0) is 19.3 Å². The SMILES string of the molecule is CCCCCCCCCCCCCNC(=O)CCCCCCCCCCCNC(=O)[C@@H](O)[C@H](O)[C@H](O)[C@H](O)CO. The molecule has 9 heteroatoms. The van der Waals surface area contributed by atoms with Crippen LogP contribution >= 0.6 is 0 Å². The molecule has 2 amide bonds. The summed E-state index contributed by atoms with van der Waals surface area (Å²) in [6.45, 7) is 2.62. The maximum absolute atomic E-state index is 12.0. The summed E-state index contributed by atoms with van der Waals surface area (Å²) in [6.07, 6.45) is 17.2. The van der Waals surface area contributed by atoms with Crippen molar-refractivity contribution in [3.63, 3.8) is 0 Å². The van der Waals surface area contributed by atoms with E-state index in [1.54, 1.807) is 0 Å². The van der Waals surface area contributed by atoms with Gasteiger partial charge in [-0.25, -0.2) is 0 Å². The fourth-order valence-electron chi connectivity index (χ4n) is 4.75. The van der Waals surface area contributed by atoms with E-state index in [1.165, 1.54) is 64.2 Å². The molecule has 0 radical (unpaired) electrons. The van der Waals surface area contributed by atoms with Gasteiger partial charge >= 0.3 is 0 Å². The van der Waals surface area contributed by atoms with Crippen LogP contribution in [-0.2, 0) is 9.59 Å². The topological polar surface area (TPSA) is 159 Å². The summed E-state index contributed by atoms with van der Waals surface area (Å²) in [5.74, 6) is -0.639. The minimum atomic E-state index is -1.88. The quantitative estimate of drug-likeness (QED) is 0.0668. The maximum Gasteiger partial charge on any atom is 0.251 e. The molecule has 40 heavy (non-hydrogen) atoms. The molecule has 0 aliphatic rings. The Morgan fingerprint density at radius 3 is 1.40 bits per heavy atom. The smallest absolute Gasteiger partial charge is 0.251 e. The van der Waals surface area contributed by atoms with Gasteiger partial charge in [0.25, 0.3) is 5.91 Å². The maximum atomic E-state index is 12.0. The van der Waals surface area contributed by atoms with Crippen molar-refractivity contribution in [2.75, 3.05) is 19.7 Å². The van der Waals surface area contributed by atoms with E-state index in [0.29, 0.717) is 13.0 Å². The fourth-order valence-corrected chi connectivity index (χ4v) is 4.75. The van der Waals surface area contributed by atoms with E-state index in [1.807, 2.05) is 0 Å². The number of aliphatic hydroxyl groups excluding tert-OH is 5. The first kappa shape index (κ1) is 38.7. The zero-order valence-corrected chi connectivity index (χ0v) is 25.3. The lowest BCUT2D eigenvalue weighted by atomic mass is 10.0. The van der Waals surface area contributed by atoms with Crippen molar-refractivity contribution in [1.29, 1.82) is 0 Å². The lowest BCUT2D eigenvalue weighted by Gasteiger charge is -2.24. The van der Waals surface area contributed by atoms with Crippen LogP contribution in [0.2, 0.25) is 0 Å². The Hall–Kier alpha value is -1.26. The van der Waals surface area contributed by atoms with Crippen LogP contribution in [0.15, 0.2) is 0 Å². The Morgan fingerprint density at radius 2 is 0.950 bits per heavy atom. The molecule has 0 aromatic carbocycles. The summed E-state index contributed by atoms with van der Waals surface area (Å²) in [5.41, 5.74) is 0. The van der Waals surface area contributed by atoms with Crippen LogP contribution < -0.4 is 10.6 Å². The second kappa shape index (κ2) is 27.9. The van der Waals surface area contributed by atoms with Crippen LogP contribution in [0.4, 0.5) is 0 Å². The number of aliphatic hydroxyl groups is 5. The van der Waals surface area contributed by atoms with Gasteiger partial charge in [0.15, 0.2) is 6.10 Å². The van der Waals surface area contributed by atoms with Crippen molar-refractivity contribution in [1.82, 2.24) is 10.6 Å². The van der Waals surface area contributed by atoms with Crippen molar-refractivity contribution in [2.24, 2.45) is 0 Å². The van der Waals surface area contributed by atoms with Gasteiger partial charge in [-0.2, -0.15) is 0 Å². The van der Waals surface area contributed by atoms with Gasteiger partial charge in [0.1, 0.15) is 18.3 Å². The number of unbranched alkanes of at least 4 members (excludes halogenated alkanes) is 18. The molecule has 0 aromatic heterocycles. The van der Waals surface area contributed by atoms with Crippen LogP contribution in [0.1, 0.15) is 142 Å². The Kier molecular flexibility index (Phi) is 27.0. The summed E-state index contributed by atoms with van der Waals surface area (Å²) in [7, 11) is 0. The molecular formula is C31H62N2O7. The third-order valence-electron chi connectivity index (χ3n) is 7.51. The third kappa shape index (κ3) is 22.4. The average Bonchev–Trinajstić information content (AvgIpc) is 2.96. The van der Waals surface area contributed by atoms with Crippen molar-refractivity contribution in [3.8, 4) is 0 Å². The summed E-state index contributed by atoms with van der Waals surface area (Å²) < 4.78 is 0. The van der Waals surface area contributed by atoms with Gasteiger partial charge < -0.3 is 36.2 Å².